The summed E-state index contributed by atoms with van der Waals surface area (Å²) < 4.78 is 0. The molecule has 2 heterocycles. The molecule has 0 aromatic heterocycles. The summed E-state index contributed by atoms with van der Waals surface area (Å²) in [6, 6.07) is -2.16. The average Bonchev–Trinajstić information content (AvgIpc) is 0.797. The molecule has 0 saturated heterocycles. The zero-order valence-electron chi connectivity index (χ0n) is 73.6. The van der Waals surface area contributed by atoms with Gasteiger partial charge < -0.3 is 117 Å². The standard InChI is InChI=1S/C86H117N19O25S/c1-42(87)72(117)101-62-39-105(8)37-47-27-46-28-48(29-47)40-131-41-63(102-74(119)44(3)90-77(122)56(31-50-19-14-18-49-17-12-13-20-52(49)50)96-75(120)53(22-25-66(108)109)92-80(125)58(33-65(88)107)94-73(118)43(2)91-83(62)128)84(129)93-54(23-26-67(110)111)76(121)98-59(34-68(112)113)81(126)95-55(30-45-15-10-9-11-16-45)78(123)97-57(32-51-21-24-64(51)106)79(124)99-60(35-69(114)115)82(127)103-70(86(4,5)6)85(130)100-61(71(89)116)38-104(7)36-46/h9-20,27-29,42-44,51,53-64,70,106H,21-26,30-41,87H2,1-8H3,(H2,88,107)(H2,89,116)(H,90,122)(H,91,128)(H,92,125)(H,93,129)(H,94,118)(H,95,126)(H,96,120)(H,97,123)(H,98,121)(H,99,124)(H,100,130)(H,101,117)(H,102,119)(H,103,127)(H,108,109)(H,110,111)(H,112,113)(H,114,115)/t42-,43+,44+,51?,53-,54-,55-,56-,57-,58-,59-,60-,61-,62-,63+,64+,70+/m0/s1. The van der Waals surface area contributed by atoms with E-state index in [2.05, 4.69) is 74.4 Å². The zero-order chi connectivity index (χ0) is 97.0. The number of nitrogens with zero attached hydrogens (tertiary/aromatic N) is 2. The molecule has 44 nitrogen and oxygen atoms in total. The second kappa shape index (κ2) is 48.9. The van der Waals surface area contributed by atoms with Crippen LogP contribution in [0.25, 0.3) is 10.8 Å². The lowest BCUT2D eigenvalue weighted by Gasteiger charge is -2.36. The van der Waals surface area contributed by atoms with Crippen LogP contribution >= 0.6 is 11.8 Å². The molecule has 16 amide bonds. The SMILES string of the molecule is C[C@H](N)C(=O)N[C@H]1CN(C)Cc2cc3cc(c2)CN(C)C[C@@H](C(N)=O)NC(=O)[C@H](C(C)(C)C)NC(=O)[C@H](CC(=O)O)NC(=O)[C@H](CC2CC[C@H]2O)NC(=O)[C@H](Cc2ccccc2)NC(=O)[C@H](CC(=O)O)NC(=O)[C@H](CCC(=O)O)NC(=O)[C@@H](CSC3)NC(=O)[C@@H](C)NC(=O)[C@H](Cc2cccc3ccccc23)NC(=O)[C@H](CCC(=O)O)NC(=O)[C@H](CC(N)=O)NC(=O)[C@@H](C)NC1=O. The number of primary amides is 2. The molecule has 7 rings (SSSR count). The van der Waals surface area contributed by atoms with Gasteiger partial charge in [0.25, 0.3) is 0 Å². The van der Waals surface area contributed by atoms with Gasteiger partial charge in [-0.25, -0.2) is 0 Å². The summed E-state index contributed by atoms with van der Waals surface area (Å²) in [5.41, 5.74) is 18.3. The quantitative estimate of drug-likeness (QED) is 0.0371. The number of benzene rings is 4. The van der Waals surface area contributed by atoms with E-state index in [0.29, 0.717) is 45.0 Å². The number of nitrogens with two attached hydrogens (primary N) is 3. The molecule has 25 N–H and O–H groups in total. The van der Waals surface area contributed by atoms with E-state index >= 15 is 14.4 Å². The van der Waals surface area contributed by atoms with Crippen molar-refractivity contribution in [3.8, 4) is 0 Å². The monoisotopic (exact) mass is 1850 g/mol. The van der Waals surface area contributed by atoms with Crippen LogP contribution in [0.15, 0.2) is 91.0 Å². The van der Waals surface area contributed by atoms with Gasteiger partial charge in [0.15, 0.2) is 0 Å². The third kappa shape index (κ3) is 33.3. The summed E-state index contributed by atoms with van der Waals surface area (Å²) in [7, 11) is 3.06. The number of hydrogen-bond donors (Lipinski definition) is 22. The van der Waals surface area contributed by atoms with Crippen LogP contribution in [0.5, 0.6) is 0 Å². The number of amides is 16. The number of carbonyl (C=O) groups is 20. The Bertz CT molecular complexity index is 4900. The van der Waals surface area contributed by atoms with Gasteiger partial charge in [-0.05, 0) is 117 Å². The predicted molar refractivity (Wildman–Crippen MR) is 469 cm³/mol. The highest BCUT2D eigenvalue weighted by Gasteiger charge is 2.43. The molecule has 2 aliphatic heterocycles. The van der Waals surface area contributed by atoms with Gasteiger partial charge in [-0.15, -0.1) is 0 Å². The molecule has 1 saturated carbocycles. The average molecular weight is 1850 g/mol. The summed E-state index contributed by atoms with van der Waals surface area (Å²) in [6.45, 7) is 7.20. The summed E-state index contributed by atoms with van der Waals surface area (Å²) >= 11 is 0.945. The van der Waals surface area contributed by atoms with E-state index in [1.54, 1.807) is 88.7 Å². The van der Waals surface area contributed by atoms with E-state index < -0.39 is 290 Å². The molecule has 1 fully saturated rings. The number of carbonyl (C=O) groups excluding carboxylic acids is 16. The van der Waals surface area contributed by atoms with Crippen LogP contribution < -0.4 is 91.6 Å². The number of aliphatic carboxylic acids is 4. The van der Waals surface area contributed by atoms with Crippen molar-refractivity contribution >= 4 is 141 Å². The van der Waals surface area contributed by atoms with Crippen molar-refractivity contribution in [3.05, 3.63) is 119 Å². The first-order valence-electron chi connectivity index (χ1n) is 42.3. The van der Waals surface area contributed by atoms with Gasteiger partial charge in [0.05, 0.1) is 31.4 Å². The van der Waals surface area contributed by atoms with E-state index in [0.717, 1.165) is 18.7 Å². The van der Waals surface area contributed by atoms with Crippen molar-refractivity contribution < 1.29 is 121 Å². The number of likely N-dealkylation sites (N-methyl/N-ethyl adjacent to an activating group) is 2. The molecule has 1 unspecified atom stereocenters. The molecule has 4 aromatic rings. The number of rotatable bonds is 21. The lowest BCUT2D eigenvalue weighted by molar-refractivity contribution is -0.143. The zero-order valence-corrected chi connectivity index (χ0v) is 74.5. The fourth-order valence-electron chi connectivity index (χ4n) is 14.7. The molecule has 45 heteroatoms. The fourth-order valence-corrected chi connectivity index (χ4v) is 15.7. The number of carboxylic acids is 4. The number of aliphatic hydroxyl groups is 1. The van der Waals surface area contributed by atoms with Crippen molar-refractivity contribution in [3.63, 3.8) is 0 Å². The Morgan fingerprint density at radius 2 is 0.931 bits per heavy atom. The lowest BCUT2D eigenvalue weighted by atomic mass is 9.77. The van der Waals surface area contributed by atoms with Gasteiger partial charge in [-0.1, -0.05) is 112 Å². The van der Waals surface area contributed by atoms with Gasteiger partial charge in [0.2, 0.25) is 94.5 Å². The van der Waals surface area contributed by atoms with Crippen molar-refractivity contribution in [1.82, 2.24) is 84.2 Å². The molecule has 0 radical (unpaired) electrons. The molecule has 4 bridgehead atoms. The van der Waals surface area contributed by atoms with E-state index in [-0.39, 0.29) is 44.8 Å². The van der Waals surface area contributed by atoms with Crippen LogP contribution in [0.2, 0.25) is 0 Å². The van der Waals surface area contributed by atoms with Crippen LogP contribution in [0.1, 0.15) is 134 Å². The molecule has 17 atom stereocenters. The van der Waals surface area contributed by atoms with E-state index in [1.807, 2.05) is 0 Å². The molecule has 4 aromatic carbocycles. The molecule has 131 heavy (non-hydrogen) atoms. The highest BCUT2D eigenvalue weighted by molar-refractivity contribution is 7.98. The first-order valence-corrected chi connectivity index (χ1v) is 43.5. The number of thioether (sulfide) groups is 1. The van der Waals surface area contributed by atoms with E-state index in [9.17, 15) is 107 Å². The first kappa shape index (κ1) is 105. The Kier molecular flexibility index (Phi) is 39.1. The van der Waals surface area contributed by atoms with E-state index in [1.165, 1.54) is 60.8 Å². The topological polar surface area (TPSA) is 696 Å². The Balaban J connectivity index is 1.41. The Labute approximate surface area is 757 Å². The van der Waals surface area contributed by atoms with E-state index in [4.69, 9.17) is 17.2 Å². The van der Waals surface area contributed by atoms with Gasteiger partial charge in [0, 0.05) is 63.4 Å². The Hall–Kier alpha value is -13.3. The van der Waals surface area contributed by atoms with Crippen LogP contribution in [-0.4, -0.2) is 283 Å². The minimum atomic E-state index is -2.21. The smallest absolute Gasteiger partial charge is 0.305 e. The van der Waals surface area contributed by atoms with Gasteiger partial charge >= 0.3 is 23.9 Å². The lowest BCUT2D eigenvalue weighted by Crippen LogP contribution is -2.63. The number of nitrogens with one attached hydrogen (secondary N) is 14. The number of fused-ring (bicyclic) bond motifs is 6. The van der Waals surface area contributed by atoms with Crippen molar-refractivity contribution in [2.45, 2.75) is 234 Å². The summed E-state index contributed by atoms with van der Waals surface area (Å²) in [6.07, 6.45) is -8.35. The Morgan fingerprint density at radius 1 is 0.481 bits per heavy atom. The summed E-state index contributed by atoms with van der Waals surface area (Å²) in [5.74, 6) is -26.6. The van der Waals surface area contributed by atoms with Crippen LogP contribution in [0, 0.1) is 11.3 Å². The third-order valence-electron chi connectivity index (χ3n) is 21.8. The minimum absolute atomic E-state index is 0.117. The predicted octanol–water partition coefficient (Wildman–Crippen LogP) is -5.13. The van der Waals surface area contributed by atoms with Crippen LogP contribution in [-0.2, 0) is 128 Å². The van der Waals surface area contributed by atoms with Gasteiger partial charge in [-0.2, -0.15) is 11.8 Å². The molecular weight excluding hydrogens is 1730 g/mol. The largest absolute Gasteiger partial charge is 0.481 e. The maximum Gasteiger partial charge on any atom is 0.305 e. The van der Waals surface area contributed by atoms with Crippen molar-refractivity contribution in [1.29, 1.82) is 0 Å². The maximum absolute atomic E-state index is 15.4. The first-order chi connectivity index (χ1) is 61.6. The third-order valence-corrected chi connectivity index (χ3v) is 22.9. The van der Waals surface area contributed by atoms with Gasteiger partial charge in [0.1, 0.15) is 84.6 Å². The number of aliphatic hydroxyl groups excluding tert-OH is 1. The van der Waals surface area contributed by atoms with Gasteiger partial charge in [-0.3, -0.25) is 106 Å². The number of carboxylic acid groups (broad SMARTS) is 4. The molecular formula is C86H117N19O25S. The molecule has 1 aliphatic carbocycles. The van der Waals surface area contributed by atoms with Crippen molar-refractivity contribution in [2.75, 3.05) is 32.9 Å². The normalized spacial score (nSPS) is 26.0. The fraction of sp³-hybridized carbons (Fsp3) is 0.512. The number of hydrogen-bond acceptors (Lipinski definition) is 25. The highest BCUT2D eigenvalue weighted by Crippen LogP contribution is 2.32. The Morgan fingerprint density at radius 3 is 1.46 bits per heavy atom. The molecule has 0 spiro atoms. The van der Waals surface area contributed by atoms with Crippen molar-refractivity contribution in [2.24, 2.45) is 28.5 Å². The highest BCUT2D eigenvalue weighted by atomic mass is 32.2. The maximum atomic E-state index is 15.4. The molecule has 712 valence electrons. The molecule has 3 aliphatic rings. The second-order valence-corrected chi connectivity index (χ2v) is 35.1. The summed E-state index contributed by atoms with van der Waals surface area (Å²) in [4.78, 5) is 285. The minimum Gasteiger partial charge on any atom is -0.481 e. The van der Waals surface area contributed by atoms with Crippen LogP contribution in [0.4, 0.5) is 0 Å². The summed E-state index contributed by atoms with van der Waals surface area (Å²) in [5, 5.41) is 87.0. The second-order valence-electron chi connectivity index (χ2n) is 34.1. The van der Waals surface area contributed by atoms with Crippen LogP contribution in [0.3, 0.4) is 0 Å².